The number of benzene rings is 1. The molecule has 1 aromatic carbocycles. The molecule has 0 amide bonds. The first-order valence-corrected chi connectivity index (χ1v) is 10.6. The number of hydrogen-bond donors (Lipinski definition) is 1. The van der Waals surface area contributed by atoms with Gasteiger partial charge in [0.25, 0.3) is 0 Å². The Morgan fingerprint density at radius 3 is 2.17 bits per heavy atom. The van der Waals surface area contributed by atoms with Crippen molar-refractivity contribution in [3.05, 3.63) is 29.8 Å². The number of hydrogen-bond acceptors (Lipinski definition) is 4. The smallest absolute Gasteiger partial charge is 0.243 e. The van der Waals surface area contributed by atoms with E-state index in [0.717, 1.165) is 19.6 Å². The van der Waals surface area contributed by atoms with Crippen molar-refractivity contribution in [3.63, 3.8) is 0 Å². The number of piperazine rings is 1. The van der Waals surface area contributed by atoms with E-state index < -0.39 is 10.0 Å². The van der Waals surface area contributed by atoms with Crippen LogP contribution in [0.25, 0.3) is 0 Å². The van der Waals surface area contributed by atoms with E-state index in [9.17, 15) is 8.42 Å². The Morgan fingerprint density at radius 2 is 1.58 bits per heavy atom. The van der Waals surface area contributed by atoms with E-state index in [-0.39, 0.29) is 0 Å². The fourth-order valence-electron chi connectivity index (χ4n) is 3.87. The highest BCUT2D eigenvalue weighted by molar-refractivity contribution is 7.89. The highest BCUT2D eigenvalue weighted by Gasteiger charge is 2.28. The molecular weight excluding hydrogens is 322 g/mol. The van der Waals surface area contributed by atoms with Gasteiger partial charge >= 0.3 is 0 Å². The molecule has 1 aromatic rings. The van der Waals surface area contributed by atoms with E-state index in [4.69, 9.17) is 5.73 Å². The minimum Gasteiger partial charge on any atom is -0.329 e. The normalized spacial score (nSPS) is 21.9. The molecule has 2 aliphatic rings. The molecule has 0 atom stereocenters. The van der Waals surface area contributed by atoms with Crippen molar-refractivity contribution in [1.29, 1.82) is 0 Å². The minimum atomic E-state index is -3.37. The van der Waals surface area contributed by atoms with E-state index in [1.165, 1.54) is 37.7 Å². The Labute approximate surface area is 145 Å². The van der Waals surface area contributed by atoms with Crippen molar-refractivity contribution in [2.45, 2.75) is 42.9 Å². The lowest BCUT2D eigenvalue weighted by molar-refractivity contribution is 0.192. The van der Waals surface area contributed by atoms with Crippen molar-refractivity contribution in [3.8, 4) is 0 Å². The molecular formula is C18H29N3O2S. The Balaban J connectivity index is 1.66. The van der Waals surface area contributed by atoms with E-state index in [1.807, 2.05) is 12.1 Å². The molecule has 6 heteroatoms. The molecule has 1 aliphatic heterocycles. The molecule has 0 unspecified atom stereocenters. The third kappa shape index (κ3) is 3.99. The van der Waals surface area contributed by atoms with E-state index in [1.54, 1.807) is 16.4 Å². The maximum atomic E-state index is 12.8. The lowest BCUT2D eigenvalue weighted by Gasteiger charge is -2.33. The summed E-state index contributed by atoms with van der Waals surface area (Å²) in [5.74, 6) is 0.607. The van der Waals surface area contributed by atoms with Crippen LogP contribution in [0, 0.1) is 0 Å². The molecule has 0 radical (unpaired) electrons. The summed E-state index contributed by atoms with van der Waals surface area (Å²) in [6.07, 6.45) is 6.37. The Hall–Kier alpha value is -0.950. The molecule has 1 aliphatic carbocycles. The van der Waals surface area contributed by atoms with Gasteiger partial charge in [0, 0.05) is 39.3 Å². The predicted molar refractivity (Wildman–Crippen MR) is 96.5 cm³/mol. The second-order valence-corrected chi connectivity index (χ2v) is 8.88. The van der Waals surface area contributed by atoms with Crippen LogP contribution in [0.3, 0.4) is 0 Å². The van der Waals surface area contributed by atoms with Crippen LogP contribution < -0.4 is 5.73 Å². The number of sulfonamides is 1. The Bertz CT molecular complexity index is 616. The Morgan fingerprint density at radius 1 is 0.958 bits per heavy atom. The SMILES string of the molecule is NCCN1CCN(S(=O)(=O)c2ccc(C3CCCCC3)cc2)CC1. The average molecular weight is 352 g/mol. The standard InChI is InChI=1S/C18H29N3O2S/c19-10-11-20-12-14-21(15-13-20)24(22,23)18-8-6-17(7-9-18)16-4-2-1-3-5-16/h6-9,16H,1-5,10-15,19H2. The summed E-state index contributed by atoms with van der Waals surface area (Å²) in [6, 6.07) is 7.64. The molecule has 5 nitrogen and oxygen atoms in total. The number of nitrogens with zero attached hydrogens (tertiary/aromatic N) is 2. The summed E-state index contributed by atoms with van der Waals surface area (Å²) in [7, 11) is -3.37. The summed E-state index contributed by atoms with van der Waals surface area (Å²) in [4.78, 5) is 2.65. The topological polar surface area (TPSA) is 66.6 Å². The van der Waals surface area contributed by atoms with Crippen LogP contribution in [-0.4, -0.2) is 56.9 Å². The maximum Gasteiger partial charge on any atom is 0.243 e. The quantitative estimate of drug-likeness (QED) is 0.881. The van der Waals surface area contributed by atoms with Gasteiger partial charge in [-0.25, -0.2) is 8.42 Å². The summed E-state index contributed by atoms with van der Waals surface area (Å²) in [5, 5.41) is 0. The zero-order valence-electron chi connectivity index (χ0n) is 14.4. The third-order valence-corrected chi connectivity index (χ3v) is 7.28. The van der Waals surface area contributed by atoms with Crippen LogP contribution in [0.15, 0.2) is 29.2 Å². The minimum absolute atomic E-state index is 0.425. The van der Waals surface area contributed by atoms with Gasteiger partial charge in [0.1, 0.15) is 0 Å². The van der Waals surface area contributed by atoms with Crippen molar-refractivity contribution < 1.29 is 8.42 Å². The highest BCUT2D eigenvalue weighted by atomic mass is 32.2. The van der Waals surface area contributed by atoms with Gasteiger partial charge in [-0.15, -0.1) is 0 Å². The van der Waals surface area contributed by atoms with E-state index in [2.05, 4.69) is 4.90 Å². The van der Waals surface area contributed by atoms with Gasteiger partial charge in [-0.05, 0) is 36.5 Å². The lowest BCUT2D eigenvalue weighted by Crippen LogP contribution is -2.49. The molecule has 1 saturated heterocycles. The first-order chi connectivity index (χ1) is 11.6. The van der Waals surface area contributed by atoms with E-state index in [0.29, 0.717) is 30.4 Å². The molecule has 2 fully saturated rings. The first-order valence-electron chi connectivity index (χ1n) is 9.14. The van der Waals surface area contributed by atoms with Crippen LogP contribution in [-0.2, 0) is 10.0 Å². The second-order valence-electron chi connectivity index (χ2n) is 6.94. The fraction of sp³-hybridized carbons (Fsp3) is 0.667. The molecule has 24 heavy (non-hydrogen) atoms. The number of nitrogens with two attached hydrogens (primary N) is 1. The van der Waals surface area contributed by atoms with Gasteiger partial charge in [-0.1, -0.05) is 31.4 Å². The highest BCUT2D eigenvalue weighted by Crippen LogP contribution is 2.33. The third-order valence-electron chi connectivity index (χ3n) is 5.37. The van der Waals surface area contributed by atoms with Crippen LogP contribution in [0.4, 0.5) is 0 Å². The predicted octanol–water partition coefficient (Wildman–Crippen LogP) is 2.00. The second kappa shape index (κ2) is 7.95. The zero-order chi connectivity index (χ0) is 17.0. The molecule has 3 rings (SSSR count). The van der Waals surface area contributed by atoms with Crippen LogP contribution in [0.1, 0.15) is 43.6 Å². The van der Waals surface area contributed by atoms with Gasteiger partial charge in [-0.2, -0.15) is 4.31 Å². The lowest BCUT2D eigenvalue weighted by atomic mass is 9.84. The summed E-state index contributed by atoms with van der Waals surface area (Å²) >= 11 is 0. The molecule has 134 valence electrons. The van der Waals surface area contributed by atoms with Gasteiger partial charge in [0.2, 0.25) is 10.0 Å². The van der Waals surface area contributed by atoms with Crippen LogP contribution >= 0.6 is 0 Å². The molecule has 0 spiro atoms. The van der Waals surface area contributed by atoms with Gasteiger partial charge in [0.05, 0.1) is 4.90 Å². The summed E-state index contributed by atoms with van der Waals surface area (Å²) < 4.78 is 27.3. The molecule has 2 N–H and O–H groups in total. The van der Waals surface area contributed by atoms with Crippen molar-refractivity contribution in [2.75, 3.05) is 39.3 Å². The molecule has 1 saturated carbocycles. The van der Waals surface area contributed by atoms with Crippen molar-refractivity contribution in [2.24, 2.45) is 5.73 Å². The van der Waals surface area contributed by atoms with Gasteiger partial charge < -0.3 is 5.73 Å². The monoisotopic (exact) mass is 351 g/mol. The Kier molecular flexibility index (Phi) is 5.92. The molecule has 0 bridgehead atoms. The zero-order valence-corrected chi connectivity index (χ0v) is 15.2. The average Bonchev–Trinajstić information content (AvgIpc) is 2.63. The van der Waals surface area contributed by atoms with Gasteiger partial charge in [0.15, 0.2) is 0 Å². The van der Waals surface area contributed by atoms with Crippen molar-refractivity contribution >= 4 is 10.0 Å². The largest absolute Gasteiger partial charge is 0.329 e. The number of rotatable bonds is 5. The maximum absolute atomic E-state index is 12.8. The molecule has 1 heterocycles. The van der Waals surface area contributed by atoms with Crippen LogP contribution in [0.2, 0.25) is 0 Å². The van der Waals surface area contributed by atoms with Gasteiger partial charge in [-0.3, -0.25) is 4.90 Å². The first kappa shape index (κ1) is 17.9. The fourth-order valence-corrected chi connectivity index (χ4v) is 5.30. The van der Waals surface area contributed by atoms with Crippen LogP contribution in [0.5, 0.6) is 0 Å². The molecule has 0 aromatic heterocycles. The van der Waals surface area contributed by atoms with Crippen molar-refractivity contribution in [1.82, 2.24) is 9.21 Å². The van der Waals surface area contributed by atoms with E-state index >= 15 is 0 Å². The summed E-state index contributed by atoms with van der Waals surface area (Å²) in [6.45, 7) is 4.08. The summed E-state index contributed by atoms with van der Waals surface area (Å²) in [5.41, 5.74) is 6.87.